The van der Waals surface area contributed by atoms with E-state index in [1.54, 1.807) is 12.4 Å². The molecule has 2 rings (SSSR count). The van der Waals surface area contributed by atoms with Gasteiger partial charge in [-0.15, -0.1) is 0 Å². The van der Waals surface area contributed by atoms with E-state index in [1.807, 2.05) is 19.3 Å². The van der Waals surface area contributed by atoms with Crippen molar-refractivity contribution >= 4 is 22.0 Å². The molecule has 0 unspecified atom stereocenters. The van der Waals surface area contributed by atoms with Gasteiger partial charge in [-0.25, -0.2) is 0 Å². The molecule has 0 saturated carbocycles. The molecule has 2 aromatic rings. The summed E-state index contributed by atoms with van der Waals surface area (Å²) in [5.41, 5.74) is 0.679. The molecule has 0 aliphatic heterocycles. The second kappa shape index (κ2) is 10.9. The zero-order valence-corrected chi connectivity index (χ0v) is 20.2. The van der Waals surface area contributed by atoms with Crippen molar-refractivity contribution in [2.75, 3.05) is 0 Å². The van der Waals surface area contributed by atoms with E-state index in [0.717, 1.165) is 4.73 Å². The fraction of sp³-hybridized carbons (Fsp3) is 0.619. The Morgan fingerprint density at radius 1 is 0.852 bits per heavy atom. The number of rotatable bonds is 11. The van der Waals surface area contributed by atoms with Crippen LogP contribution in [0.2, 0.25) is 13.3 Å². The van der Waals surface area contributed by atoms with Gasteiger partial charge in [-0.3, -0.25) is 0 Å². The monoisotopic (exact) mass is 478 g/mol. The summed E-state index contributed by atoms with van der Waals surface area (Å²) in [7, 11) is 0. The summed E-state index contributed by atoms with van der Waals surface area (Å²) in [5.74, 6) is 1.10. The Kier molecular flexibility index (Phi) is 8.93. The second-order valence-electron chi connectivity index (χ2n) is 7.60. The minimum absolute atomic E-state index is 0.403. The first-order chi connectivity index (χ1) is 13.1. The van der Waals surface area contributed by atoms with Crippen molar-refractivity contribution < 1.29 is 4.73 Å². The molecule has 2 aromatic heterocycles. The van der Waals surface area contributed by atoms with Crippen molar-refractivity contribution in [1.29, 1.82) is 0 Å². The number of aromatic nitrogens is 4. The summed E-state index contributed by atoms with van der Waals surface area (Å²) in [6, 6.07) is 0. The van der Waals surface area contributed by atoms with Crippen molar-refractivity contribution in [3.8, 4) is 11.4 Å². The van der Waals surface area contributed by atoms with Crippen LogP contribution in [0.5, 0.6) is 0 Å². The summed E-state index contributed by atoms with van der Waals surface area (Å²) in [6.07, 6.45) is 14.7. The summed E-state index contributed by atoms with van der Waals surface area (Å²) >= 11 is -2.62. The van der Waals surface area contributed by atoms with E-state index in [1.165, 1.54) is 55.4 Å². The molecule has 6 heteroatoms. The standard InChI is InChI=1S/C9H7N4O.3C4H9.Sn/c1-7-11-5-8(6-12-7)9-10-3-2-4-13(9)14;3*1-3-4-2;/h3-6H,1H3;3*1,3-4H2,2H3;. The molecule has 27 heavy (non-hydrogen) atoms. The molecule has 148 valence electrons. The van der Waals surface area contributed by atoms with Crippen LogP contribution >= 0.6 is 0 Å². The van der Waals surface area contributed by atoms with Gasteiger partial charge in [0.05, 0.1) is 0 Å². The van der Waals surface area contributed by atoms with Crippen LogP contribution in [0.25, 0.3) is 11.4 Å². The zero-order valence-electron chi connectivity index (χ0n) is 17.4. The first kappa shape index (κ1) is 22.1. The topological polar surface area (TPSA) is 65.6 Å². The fourth-order valence-corrected chi connectivity index (χ4v) is 19.3. The molecule has 0 saturated heterocycles. The van der Waals surface area contributed by atoms with Crippen molar-refractivity contribution in [2.24, 2.45) is 0 Å². The van der Waals surface area contributed by atoms with Gasteiger partial charge >= 0.3 is 168 Å². The van der Waals surface area contributed by atoms with Crippen LogP contribution in [0.1, 0.15) is 65.1 Å². The summed E-state index contributed by atoms with van der Waals surface area (Å²) in [6.45, 7) is 8.64. The minimum atomic E-state index is -2.62. The third kappa shape index (κ3) is 5.87. The Morgan fingerprint density at radius 3 is 1.81 bits per heavy atom. The number of nitrogens with zero attached hydrogens (tertiary/aromatic N) is 4. The first-order valence-electron chi connectivity index (χ1n) is 10.4. The summed E-state index contributed by atoms with van der Waals surface area (Å²) in [5, 5.41) is 12.8. The first-order valence-corrected chi connectivity index (χ1v) is 17.9. The van der Waals surface area contributed by atoms with Crippen molar-refractivity contribution in [2.45, 2.75) is 79.5 Å². The Balaban J connectivity index is 2.41. The van der Waals surface area contributed by atoms with Crippen LogP contribution in [-0.2, 0) is 0 Å². The molecular weight excluding hydrogens is 443 g/mol. The normalized spacial score (nSPS) is 11.7. The SMILES string of the molecule is CCC[CH2][Sn]([CH2]CCC)([CH2]CCC)[c]1cnc(-c2cnc(C)nc2)[n+]([O-])c1. The average molecular weight is 477 g/mol. The number of aryl methyl sites for hydroxylation is 1. The van der Waals surface area contributed by atoms with Crippen LogP contribution in [0.4, 0.5) is 0 Å². The van der Waals surface area contributed by atoms with Crippen molar-refractivity contribution in [1.82, 2.24) is 15.0 Å². The third-order valence-corrected chi connectivity index (χ3v) is 20.9. The molecule has 0 aliphatic rings. The van der Waals surface area contributed by atoms with E-state index in [2.05, 4.69) is 35.7 Å². The predicted molar refractivity (Wildman–Crippen MR) is 113 cm³/mol. The number of hydrogen-bond acceptors (Lipinski definition) is 4. The molecule has 0 aromatic carbocycles. The molecule has 0 atom stereocenters. The van der Waals surface area contributed by atoms with Crippen LogP contribution in [0.15, 0.2) is 24.8 Å². The van der Waals surface area contributed by atoms with Gasteiger partial charge in [-0.05, 0) is 0 Å². The fourth-order valence-electron chi connectivity index (χ4n) is 3.75. The van der Waals surface area contributed by atoms with Crippen LogP contribution in [0.3, 0.4) is 0 Å². The maximum atomic E-state index is 12.8. The molecule has 0 aliphatic carbocycles. The number of hydrogen-bond donors (Lipinski definition) is 0. The van der Waals surface area contributed by atoms with Crippen molar-refractivity contribution in [3.63, 3.8) is 0 Å². The summed E-state index contributed by atoms with van der Waals surface area (Å²) in [4.78, 5) is 13.0. The van der Waals surface area contributed by atoms with Gasteiger partial charge in [-0.1, -0.05) is 0 Å². The van der Waals surface area contributed by atoms with Crippen LogP contribution < -0.4 is 8.31 Å². The van der Waals surface area contributed by atoms with Gasteiger partial charge in [0.1, 0.15) is 0 Å². The Labute approximate surface area is 168 Å². The van der Waals surface area contributed by atoms with E-state index in [0.29, 0.717) is 17.2 Å². The molecule has 0 spiro atoms. The molecule has 0 fully saturated rings. The van der Waals surface area contributed by atoms with E-state index < -0.39 is 18.4 Å². The quantitative estimate of drug-likeness (QED) is 0.271. The third-order valence-electron chi connectivity index (χ3n) is 5.47. The summed E-state index contributed by atoms with van der Waals surface area (Å²) < 4.78 is 6.25. The second-order valence-corrected chi connectivity index (χ2v) is 20.8. The van der Waals surface area contributed by atoms with Gasteiger partial charge in [0, 0.05) is 0 Å². The Hall–Kier alpha value is -1.24. The van der Waals surface area contributed by atoms with E-state index in [9.17, 15) is 5.21 Å². The molecule has 2 heterocycles. The van der Waals surface area contributed by atoms with E-state index >= 15 is 0 Å². The zero-order chi connectivity index (χ0) is 19.7. The van der Waals surface area contributed by atoms with Gasteiger partial charge in [-0.2, -0.15) is 0 Å². The van der Waals surface area contributed by atoms with Gasteiger partial charge in [0.2, 0.25) is 0 Å². The molecule has 0 bridgehead atoms. The molecular formula is C21H34N4OSn. The van der Waals surface area contributed by atoms with Gasteiger partial charge in [0.25, 0.3) is 0 Å². The average Bonchev–Trinajstić information content (AvgIpc) is 2.68. The Bertz CT molecular complexity index is 684. The van der Waals surface area contributed by atoms with Gasteiger partial charge in [0.15, 0.2) is 0 Å². The number of unbranched alkanes of at least 4 members (excludes halogenated alkanes) is 3. The molecule has 5 nitrogen and oxygen atoms in total. The maximum absolute atomic E-state index is 12.8. The van der Waals surface area contributed by atoms with Crippen LogP contribution in [-0.4, -0.2) is 33.3 Å². The molecule has 0 radical (unpaired) electrons. The predicted octanol–water partition coefficient (Wildman–Crippen LogP) is 4.54. The molecule has 0 amide bonds. The van der Waals surface area contributed by atoms with E-state index in [4.69, 9.17) is 0 Å². The molecule has 0 N–H and O–H groups in total. The van der Waals surface area contributed by atoms with Gasteiger partial charge < -0.3 is 0 Å². The van der Waals surface area contributed by atoms with Crippen LogP contribution in [0, 0.1) is 12.1 Å². The van der Waals surface area contributed by atoms with Crippen molar-refractivity contribution in [3.05, 3.63) is 35.8 Å². The Morgan fingerprint density at radius 2 is 1.37 bits per heavy atom. The van der Waals surface area contributed by atoms with E-state index in [-0.39, 0.29) is 0 Å².